The molecule has 1 aromatic heterocycles. The van der Waals surface area contributed by atoms with E-state index >= 15 is 0 Å². The molecule has 0 aliphatic heterocycles. The van der Waals surface area contributed by atoms with Gasteiger partial charge in [-0.05, 0) is 19.1 Å². The first-order valence-electron chi connectivity index (χ1n) is 7.01. The van der Waals surface area contributed by atoms with E-state index in [0.717, 1.165) is 27.6 Å². The second-order valence-electron chi connectivity index (χ2n) is 5.20. The molecule has 21 heavy (non-hydrogen) atoms. The molecular weight excluding hydrogens is 258 g/mol. The van der Waals surface area contributed by atoms with Crippen molar-refractivity contribution in [2.45, 2.75) is 13.5 Å². The molecule has 0 saturated carbocycles. The van der Waals surface area contributed by atoms with E-state index in [1.54, 1.807) is 0 Å². The van der Waals surface area contributed by atoms with E-state index in [1.165, 1.54) is 0 Å². The number of para-hydroxylation sites is 1. The topological polar surface area (TPSA) is 22.0 Å². The fourth-order valence-electron chi connectivity index (χ4n) is 2.66. The number of carbonyl (C=O) groups is 1. The van der Waals surface area contributed by atoms with Crippen molar-refractivity contribution in [3.8, 4) is 0 Å². The quantitative estimate of drug-likeness (QED) is 0.512. The van der Waals surface area contributed by atoms with E-state index in [9.17, 15) is 4.79 Å². The summed E-state index contributed by atoms with van der Waals surface area (Å²) in [5.41, 5.74) is 3.64. The number of rotatable bonds is 4. The highest BCUT2D eigenvalue weighted by atomic mass is 16.1. The lowest BCUT2D eigenvalue weighted by Crippen LogP contribution is -2.01. The van der Waals surface area contributed by atoms with Crippen LogP contribution in [0.3, 0.4) is 0 Å². The Kier molecular flexibility index (Phi) is 3.44. The molecule has 0 atom stereocenters. The van der Waals surface area contributed by atoms with Crippen LogP contribution >= 0.6 is 0 Å². The number of benzene rings is 2. The largest absolute Gasteiger partial charge is 0.343 e. The minimum Gasteiger partial charge on any atom is -0.343 e. The summed E-state index contributed by atoms with van der Waals surface area (Å²) in [5, 5.41) is 0.992. The monoisotopic (exact) mass is 275 g/mol. The van der Waals surface area contributed by atoms with Crippen LogP contribution in [0.5, 0.6) is 0 Å². The third kappa shape index (κ3) is 2.40. The third-order valence-corrected chi connectivity index (χ3v) is 3.64. The Morgan fingerprint density at radius 1 is 1.19 bits per heavy atom. The van der Waals surface area contributed by atoms with E-state index in [4.69, 9.17) is 0 Å². The smallest absolute Gasteiger partial charge is 0.195 e. The first-order chi connectivity index (χ1) is 10.2. The van der Waals surface area contributed by atoms with Gasteiger partial charge in [-0.2, -0.15) is 0 Å². The number of carbonyl (C=O) groups excluding carboxylic acids is 1. The lowest BCUT2D eigenvalue weighted by atomic mass is 10.0. The van der Waals surface area contributed by atoms with Gasteiger partial charge in [0.2, 0.25) is 0 Å². The molecule has 0 N–H and O–H groups in total. The molecule has 0 fully saturated rings. The van der Waals surface area contributed by atoms with Gasteiger partial charge in [-0.3, -0.25) is 4.79 Å². The summed E-state index contributed by atoms with van der Waals surface area (Å²) < 4.78 is 2.06. The van der Waals surface area contributed by atoms with Gasteiger partial charge >= 0.3 is 0 Å². The predicted molar refractivity (Wildman–Crippen MR) is 86.7 cm³/mol. The Balaban J connectivity index is 2.16. The highest BCUT2D eigenvalue weighted by Crippen LogP contribution is 2.24. The van der Waals surface area contributed by atoms with E-state index in [-0.39, 0.29) is 5.78 Å². The van der Waals surface area contributed by atoms with Crippen LogP contribution in [0.15, 0.2) is 67.4 Å². The van der Waals surface area contributed by atoms with Crippen LogP contribution in [-0.2, 0) is 6.54 Å². The number of allylic oxidation sites excluding steroid dienone is 1. The number of hydrogen-bond donors (Lipinski definition) is 0. The highest BCUT2D eigenvalue weighted by molar-refractivity contribution is 6.16. The van der Waals surface area contributed by atoms with Crippen molar-refractivity contribution < 1.29 is 4.79 Å². The van der Waals surface area contributed by atoms with Crippen LogP contribution in [0.25, 0.3) is 10.9 Å². The van der Waals surface area contributed by atoms with Crippen molar-refractivity contribution in [2.75, 3.05) is 0 Å². The zero-order chi connectivity index (χ0) is 14.8. The summed E-state index contributed by atoms with van der Waals surface area (Å²) in [5.74, 6) is 0.0673. The Bertz CT molecular complexity index is 826. The molecule has 2 aromatic carbocycles. The lowest BCUT2D eigenvalue weighted by Gasteiger charge is -2.01. The summed E-state index contributed by atoms with van der Waals surface area (Å²) in [6.45, 7) is 6.47. The van der Waals surface area contributed by atoms with Gasteiger partial charge in [-0.15, -0.1) is 6.58 Å². The van der Waals surface area contributed by atoms with Gasteiger partial charge in [0, 0.05) is 34.8 Å². The molecule has 1 heterocycles. The van der Waals surface area contributed by atoms with Gasteiger partial charge in [-0.25, -0.2) is 0 Å². The van der Waals surface area contributed by atoms with Crippen molar-refractivity contribution in [1.29, 1.82) is 0 Å². The summed E-state index contributed by atoms with van der Waals surface area (Å²) in [6.07, 6.45) is 3.77. The minimum absolute atomic E-state index is 0.0673. The number of nitrogens with zero attached hydrogens (tertiary/aromatic N) is 1. The average molecular weight is 275 g/mol. The van der Waals surface area contributed by atoms with Crippen LogP contribution < -0.4 is 0 Å². The van der Waals surface area contributed by atoms with Crippen molar-refractivity contribution >= 4 is 16.7 Å². The molecule has 0 saturated heterocycles. The fourth-order valence-corrected chi connectivity index (χ4v) is 2.66. The maximum absolute atomic E-state index is 12.8. The Hall–Kier alpha value is -2.61. The van der Waals surface area contributed by atoms with Gasteiger partial charge in [-0.1, -0.05) is 48.0 Å². The number of hydrogen-bond acceptors (Lipinski definition) is 1. The van der Waals surface area contributed by atoms with E-state index in [2.05, 4.69) is 11.1 Å². The van der Waals surface area contributed by atoms with Crippen LogP contribution in [0, 0.1) is 6.92 Å². The van der Waals surface area contributed by atoms with Crippen molar-refractivity contribution in [1.82, 2.24) is 4.57 Å². The molecular formula is C19H17NO. The molecule has 3 aromatic rings. The average Bonchev–Trinajstić information content (AvgIpc) is 2.86. The highest BCUT2D eigenvalue weighted by Gasteiger charge is 2.16. The second kappa shape index (κ2) is 5.41. The summed E-state index contributed by atoms with van der Waals surface area (Å²) >= 11 is 0. The molecule has 0 radical (unpaired) electrons. The molecule has 0 aliphatic carbocycles. The maximum atomic E-state index is 12.8. The van der Waals surface area contributed by atoms with Crippen molar-refractivity contribution in [3.05, 3.63) is 84.1 Å². The predicted octanol–water partition coefficient (Wildman–Crippen LogP) is 4.37. The van der Waals surface area contributed by atoms with Crippen LogP contribution in [0.4, 0.5) is 0 Å². The zero-order valence-corrected chi connectivity index (χ0v) is 12.0. The van der Waals surface area contributed by atoms with E-state index in [1.807, 2.05) is 67.7 Å². The van der Waals surface area contributed by atoms with E-state index < -0.39 is 0 Å². The van der Waals surface area contributed by atoms with Gasteiger partial charge in [0.1, 0.15) is 0 Å². The van der Waals surface area contributed by atoms with Crippen molar-refractivity contribution in [2.24, 2.45) is 0 Å². The standard InChI is InChI=1S/C19H17NO/c1-3-11-20-13-17(16-9-4-5-10-18(16)20)19(21)15-8-6-7-14(2)12-15/h3-10,12-13H,1,11H2,2H3. The molecule has 2 heteroatoms. The normalized spacial score (nSPS) is 10.7. The number of ketones is 1. The van der Waals surface area contributed by atoms with Crippen LogP contribution in [-0.4, -0.2) is 10.4 Å². The first kappa shape index (κ1) is 13.4. The third-order valence-electron chi connectivity index (χ3n) is 3.64. The van der Waals surface area contributed by atoms with Gasteiger partial charge in [0.15, 0.2) is 5.78 Å². The number of aromatic nitrogens is 1. The Labute approximate surface area is 124 Å². The van der Waals surface area contributed by atoms with Gasteiger partial charge in [0.25, 0.3) is 0 Å². The van der Waals surface area contributed by atoms with Crippen LogP contribution in [0.2, 0.25) is 0 Å². The molecule has 0 bridgehead atoms. The molecule has 0 spiro atoms. The minimum atomic E-state index is 0.0673. The Morgan fingerprint density at radius 3 is 2.76 bits per heavy atom. The van der Waals surface area contributed by atoms with Crippen LogP contribution in [0.1, 0.15) is 21.5 Å². The van der Waals surface area contributed by atoms with Gasteiger partial charge < -0.3 is 4.57 Å². The van der Waals surface area contributed by atoms with Crippen molar-refractivity contribution in [3.63, 3.8) is 0 Å². The fraction of sp³-hybridized carbons (Fsp3) is 0.105. The molecule has 0 unspecified atom stereocenters. The summed E-state index contributed by atoms with van der Waals surface area (Å²) in [6, 6.07) is 15.7. The van der Waals surface area contributed by atoms with E-state index in [0.29, 0.717) is 6.54 Å². The van der Waals surface area contributed by atoms with Gasteiger partial charge in [0.05, 0.1) is 0 Å². The number of fused-ring (bicyclic) bond motifs is 1. The molecule has 0 aliphatic rings. The summed E-state index contributed by atoms with van der Waals surface area (Å²) in [4.78, 5) is 12.8. The lowest BCUT2D eigenvalue weighted by molar-refractivity contribution is 0.104. The summed E-state index contributed by atoms with van der Waals surface area (Å²) in [7, 11) is 0. The molecule has 0 amide bonds. The SMILES string of the molecule is C=CCn1cc(C(=O)c2cccc(C)c2)c2ccccc21. The zero-order valence-electron chi connectivity index (χ0n) is 12.0. The molecule has 104 valence electrons. The molecule has 3 rings (SSSR count). The first-order valence-corrected chi connectivity index (χ1v) is 7.01. The Morgan fingerprint density at radius 2 is 2.00 bits per heavy atom. The maximum Gasteiger partial charge on any atom is 0.195 e. The second-order valence-corrected chi connectivity index (χ2v) is 5.20. The molecule has 2 nitrogen and oxygen atoms in total. The number of aryl methyl sites for hydroxylation is 1.